The van der Waals surface area contributed by atoms with E-state index in [2.05, 4.69) is 0 Å². The Hall–Kier alpha value is -1.42. The molecule has 18 heavy (non-hydrogen) atoms. The number of rotatable bonds is 6. The maximum Gasteiger partial charge on any atom is 0.331 e. The molecule has 9 nitrogen and oxygen atoms in total. The van der Waals surface area contributed by atoms with Gasteiger partial charge in [0.05, 0.1) is 26.4 Å². The first-order chi connectivity index (χ1) is 8.58. The summed E-state index contributed by atoms with van der Waals surface area (Å²) < 4.78 is 0. The molecule has 9 heteroatoms. The van der Waals surface area contributed by atoms with Gasteiger partial charge in [-0.05, 0) is 0 Å². The van der Waals surface area contributed by atoms with Crippen LogP contribution in [-0.2, 0) is 0 Å². The summed E-state index contributed by atoms with van der Waals surface area (Å²) in [5, 5.41) is 36.3. The number of nitrogens with zero attached hydrogens (tertiary/aromatic N) is 3. The number of β-amino-alcohol motifs (C(OH)–C–C–N with tert-alkyl or cyclic N) is 3. The van der Waals surface area contributed by atoms with Gasteiger partial charge < -0.3 is 20.4 Å². The summed E-state index contributed by atoms with van der Waals surface area (Å²) >= 11 is 0. The zero-order chi connectivity index (χ0) is 13.7. The molecule has 0 unspecified atom stereocenters. The standard InChI is InChI=1S/C9H17N3O6/c13-4-1-10-7(16)11(2-5-14)9(18)12(3-6-15)8(10)17/h7,13-16H,1-6H2. The molecule has 0 aliphatic carbocycles. The van der Waals surface area contributed by atoms with Crippen LogP contribution >= 0.6 is 0 Å². The highest BCUT2D eigenvalue weighted by molar-refractivity contribution is 5.96. The van der Waals surface area contributed by atoms with E-state index in [1.54, 1.807) is 0 Å². The fourth-order valence-electron chi connectivity index (χ4n) is 1.69. The lowest BCUT2D eigenvalue weighted by Gasteiger charge is -2.44. The maximum atomic E-state index is 11.8. The van der Waals surface area contributed by atoms with Crippen molar-refractivity contribution in [1.29, 1.82) is 0 Å². The largest absolute Gasteiger partial charge is 0.395 e. The molecule has 0 aromatic heterocycles. The van der Waals surface area contributed by atoms with Crippen molar-refractivity contribution in [3.63, 3.8) is 0 Å². The molecule has 0 radical (unpaired) electrons. The third-order valence-electron chi connectivity index (χ3n) is 2.52. The molecule has 1 heterocycles. The van der Waals surface area contributed by atoms with Gasteiger partial charge in [0.25, 0.3) is 0 Å². The summed E-state index contributed by atoms with van der Waals surface area (Å²) in [7, 11) is 0. The summed E-state index contributed by atoms with van der Waals surface area (Å²) in [5.41, 5.74) is 0. The Bertz CT molecular complexity index is 287. The quantitative estimate of drug-likeness (QED) is 0.416. The van der Waals surface area contributed by atoms with E-state index in [0.717, 1.165) is 14.7 Å². The fraction of sp³-hybridized carbons (Fsp3) is 0.778. The third-order valence-corrected chi connectivity index (χ3v) is 2.52. The smallest absolute Gasteiger partial charge is 0.331 e. The fourth-order valence-corrected chi connectivity index (χ4v) is 1.69. The van der Waals surface area contributed by atoms with Crippen LogP contribution in [0.15, 0.2) is 0 Å². The van der Waals surface area contributed by atoms with Gasteiger partial charge in [0, 0.05) is 13.1 Å². The molecule has 4 N–H and O–H groups in total. The average molecular weight is 263 g/mol. The topological polar surface area (TPSA) is 125 Å². The van der Waals surface area contributed by atoms with E-state index >= 15 is 0 Å². The summed E-state index contributed by atoms with van der Waals surface area (Å²) in [6.45, 7) is -1.69. The lowest BCUT2D eigenvalue weighted by molar-refractivity contribution is -0.100. The van der Waals surface area contributed by atoms with Crippen LogP contribution in [0.4, 0.5) is 9.59 Å². The van der Waals surface area contributed by atoms with Crippen molar-refractivity contribution >= 4 is 12.1 Å². The first-order valence-electron chi connectivity index (χ1n) is 5.47. The Morgan fingerprint density at radius 3 is 1.56 bits per heavy atom. The van der Waals surface area contributed by atoms with Crippen LogP contribution in [0.3, 0.4) is 0 Å². The van der Waals surface area contributed by atoms with Crippen molar-refractivity contribution in [3.05, 3.63) is 0 Å². The first-order valence-corrected chi connectivity index (χ1v) is 5.47. The Morgan fingerprint density at radius 2 is 1.22 bits per heavy atom. The minimum absolute atomic E-state index is 0.156. The minimum atomic E-state index is -1.53. The lowest BCUT2D eigenvalue weighted by Crippen LogP contribution is -2.67. The molecule has 1 aliphatic rings. The van der Waals surface area contributed by atoms with Gasteiger partial charge in [-0.2, -0.15) is 0 Å². The zero-order valence-corrected chi connectivity index (χ0v) is 9.77. The van der Waals surface area contributed by atoms with Crippen LogP contribution in [0.25, 0.3) is 0 Å². The first kappa shape index (κ1) is 14.6. The van der Waals surface area contributed by atoms with Crippen molar-refractivity contribution in [2.24, 2.45) is 0 Å². The molecular weight excluding hydrogens is 246 g/mol. The molecule has 0 aromatic rings. The normalized spacial score (nSPS) is 17.9. The molecule has 0 aromatic carbocycles. The molecule has 1 aliphatic heterocycles. The van der Waals surface area contributed by atoms with Gasteiger partial charge in [-0.3, -0.25) is 9.80 Å². The zero-order valence-electron chi connectivity index (χ0n) is 9.77. The third kappa shape index (κ3) is 2.70. The molecular formula is C9H17N3O6. The van der Waals surface area contributed by atoms with Gasteiger partial charge in [-0.1, -0.05) is 0 Å². The molecule has 1 rings (SSSR count). The minimum Gasteiger partial charge on any atom is -0.395 e. The predicted octanol–water partition coefficient (Wildman–Crippen LogP) is -2.60. The second-order valence-electron chi connectivity index (χ2n) is 3.62. The Labute approximate surface area is 103 Å². The number of carbonyl (C=O) groups excluding carboxylic acids is 2. The summed E-state index contributed by atoms with van der Waals surface area (Å²) in [6, 6.07) is -1.57. The van der Waals surface area contributed by atoms with Crippen LogP contribution in [0.1, 0.15) is 0 Å². The van der Waals surface area contributed by atoms with E-state index in [4.69, 9.17) is 15.3 Å². The molecule has 0 spiro atoms. The number of hydrogen-bond donors (Lipinski definition) is 4. The molecule has 104 valence electrons. The van der Waals surface area contributed by atoms with E-state index in [9.17, 15) is 14.7 Å². The van der Waals surface area contributed by atoms with Crippen LogP contribution in [-0.4, -0.2) is 93.0 Å². The van der Waals surface area contributed by atoms with Crippen LogP contribution in [0.2, 0.25) is 0 Å². The van der Waals surface area contributed by atoms with E-state index in [0.29, 0.717) is 0 Å². The maximum absolute atomic E-state index is 11.8. The van der Waals surface area contributed by atoms with E-state index < -0.39 is 25.0 Å². The Kier molecular flexibility index (Phi) is 5.28. The number of aliphatic hydroxyl groups excluding tert-OH is 4. The van der Waals surface area contributed by atoms with E-state index in [1.807, 2.05) is 0 Å². The number of amides is 4. The van der Waals surface area contributed by atoms with Crippen LogP contribution < -0.4 is 0 Å². The summed E-state index contributed by atoms with van der Waals surface area (Å²) in [4.78, 5) is 26.2. The second-order valence-corrected chi connectivity index (χ2v) is 3.62. The van der Waals surface area contributed by atoms with Gasteiger partial charge in [-0.15, -0.1) is 0 Å². The Morgan fingerprint density at radius 1 is 0.833 bits per heavy atom. The molecule has 1 fully saturated rings. The highest BCUT2D eigenvalue weighted by Crippen LogP contribution is 2.17. The van der Waals surface area contributed by atoms with E-state index in [1.165, 1.54) is 0 Å². The van der Waals surface area contributed by atoms with Crippen molar-refractivity contribution < 1.29 is 30.0 Å². The number of aliphatic hydroxyl groups is 4. The summed E-state index contributed by atoms with van der Waals surface area (Å²) in [5.74, 6) is 0. The number of urea groups is 2. The van der Waals surface area contributed by atoms with Crippen molar-refractivity contribution in [1.82, 2.24) is 14.7 Å². The predicted molar refractivity (Wildman–Crippen MR) is 58.2 cm³/mol. The van der Waals surface area contributed by atoms with Gasteiger partial charge in [0.1, 0.15) is 0 Å². The second kappa shape index (κ2) is 6.50. The van der Waals surface area contributed by atoms with Gasteiger partial charge in [0.2, 0.25) is 6.35 Å². The molecule has 0 bridgehead atoms. The van der Waals surface area contributed by atoms with Gasteiger partial charge >= 0.3 is 12.1 Å². The average Bonchev–Trinajstić information content (AvgIpc) is 2.35. The van der Waals surface area contributed by atoms with E-state index in [-0.39, 0.29) is 32.8 Å². The van der Waals surface area contributed by atoms with Crippen molar-refractivity contribution in [2.75, 3.05) is 39.5 Å². The van der Waals surface area contributed by atoms with Gasteiger partial charge in [0.15, 0.2) is 0 Å². The Balaban J connectivity index is 2.94. The van der Waals surface area contributed by atoms with Crippen molar-refractivity contribution in [3.8, 4) is 0 Å². The molecule has 0 atom stereocenters. The summed E-state index contributed by atoms with van der Waals surface area (Å²) in [6.07, 6.45) is -1.53. The van der Waals surface area contributed by atoms with Gasteiger partial charge in [-0.25, -0.2) is 14.5 Å². The lowest BCUT2D eigenvalue weighted by atomic mass is 10.4. The SMILES string of the molecule is O=C1N(CCO)C(=O)N(CCO)C(O)N1CCO. The molecule has 4 amide bonds. The van der Waals surface area contributed by atoms with Crippen molar-refractivity contribution in [2.45, 2.75) is 6.35 Å². The van der Waals surface area contributed by atoms with Crippen LogP contribution in [0, 0.1) is 0 Å². The number of imide groups is 1. The number of carbonyl (C=O) groups is 2. The highest BCUT2D eigenvalue weighted by Gasteiger charge is 2.42. The highest BCUT2D eigenvalue weighted by atomic mass is 16.3. The van der Waals surface area contributed by atoms with Crippen LogP contribution in [0.5, 0.6) is 0 Å². The molecule has 0 saturated carbocycles. The number of hydrogen-bond acceptors (Lipinski definition) is 6. The monoisotopic (exact) mass is 263 g/mol. The molecule has 1 saturated heterocycles.